The van der Waals surface area contributed by atoms with Crippen LogP contribution in [0.4, 0.5) is 5.69 Å². The second-order valence-electron chi connectivity index (χ2n) is 11.5. The predicted molar refractivity (Wildman–Crippen MR) is 165 cm³/mol. The number of hydrogen-bond donors (Lipinski definition) is 3. The standard InChI is InChI=1S/C33H34ClN3O4S/c1-20-16-26-27(30(39)35-18-22-12-6-3-7-13-22)28-32(41)37(23(19-38)17-21-10-4-2-5-11-21)29(33(20,28)42-26)31(40)36-25-15-9-8-14-24(25)34/h2-15,20,23,26-29,38H,16-19H2,1H3,(H,35,39)(H,36,40)/t20?,23-,26-,27+,28+,29?,33?/m1/s1. The molecule has 3 aliphatic heterocycles. The number of aliphatic hydroxyl groups excluding tert-OH is 1. The number of anilines is 1. The Morgan fingerprint density at radius 2 is 1.64 bits per heavy atom. The van der Waals surface area contributed by atoms with Crippen molar-refractivity contribution in [3.63, 3.8) is 0 Å². The quantitative estimate of drug-likeness (QED) is 0.334. The summed E-state index contributed by atoms with van der Waals surface area (Å²) < 4.78 is -0.814. The van der Waals surface area contributed by atoms with E-state index in [1.165, 1.54) is 0 Å². The van der Waals surface area contributed by atoms with Crippen LogP contribution in [0.25, 0.3) is 0 Å². The molecule has 42 heavy (non-hydrogen) atoms. The van der Waals surface area contributed by atoms with E-state index in [0.717, 1.165) is 17.5 Å². The van der Waals surface area contributed by atoms with E-state index in [9.17, 15) is 19.5 Å². The summed E-state index contributed by atoms with van der Waals surface area (Å²) in [5.41, 5.74) is 2.39. The van der Waals surface area contributed by atoms with Crippen LogP contribution >= 0.6 is 23.4 Å². The van der Waals surface area contributed by atoms with Gasteiger partial charge in [-0.25, -0.2) is 0 Å². The van der Waals surface area contributed by atoms with Crippen molar-refractivity contribution in [1.82, 2.24) is 10.2 Å². The molecule has 3 N–H and O–H groups in total. The molecule has 7 atom stereocenters. The number of carbonyl (C=O) groups excluding carboxylic acids is 3. The SMILES string of the molecule is CC1C[C@H]2SC13C(C(=O)Nc1ccccc1Cl)N([C@@H](CO)Cc1ccccc1)C(=O)[C@@H]3[C@H]2C(=O)NCc1ccccc1. The zero-order valence-electron chi connectivity index (χ0n) is 23.3. The molecule has 3 aliphatic rings. The van der Waals surface area contributed by atoms with Crippen LogP contribution in [0.5, 0.6) is 0 Å². The summed E-state index contributed by atoms with van der Waals surface area (Å²) in [5, 5.41) is 17.0. The van der Waals surface area contributed by atoms with Gasteiger partial charge in [0, 0.05) is 11.8 Å². The first-order valence-electron chi connectivity index (χ1n) is 14.4. The number of para-hydroxylation sites is 1. The number of fused-ring (bicyclic) bond motifs is 1. The molecule has 0 saturated carbocycles. The van der Waals surface area contributed by atoms with Crippen LogP contribution in [0.1, 0.15) is 24.5 Å². The highest BCUT2D eigenvalue weighted by molar-refractivity contribution is 8.02. The summed E-state index contributed by atoms with van der Waals surface area (Å²) in [7, 11) is 0. The number of benzene rings is 3. The van der Waals surface area contributed by atoms with Gasteiger partial charge in [-0.05, 0) is 42.0 Å². The zero-order chi connectivity index (χ0) is 29.4. The molecule has 3 aromatic carbocycles. The first-order chi connectivity index (χ1) is 20.3. The molecule has 6 rings (SSSR count). The summed E-state index contributed by atoms with van der Waals surface area (Å²) in [4.78, 5) is 44.2. The summed E-state index contributed by atoms with van der Waals surface area (Å²) in [6.45, 7) is 2.13. The van der Waals surface area contributed by atoms with E-state index in [1.807, 2.05) is 60.7 Å². The second-order valence-corrected chi connectivity index (χ2v) is 13.5. The highest BCUT2D eigenvalue weighted by Gasteiger charge is 2.76. The molecule has 7 nitrogen and oxygen atoms in total. The predicted octanol–water partition coefficient (Wildman–Crippen LogP) is 4.54. The Labute approximate surface area is 255 Å². The molecule has 3 amide bonds. The molecule has 9 heteroatoms. The van der Waals surface area contributed by atoms with Crippen LogP contribution in [0.3, 0.4) is 0 Å². The van der Waals surface area contributed by atoms with E-state index in [-0.39, 0.29) is 35.5 Å². The van der Waals surface area contributed by atoms with Crippen molar-refractivity contribution in [2.75, 3.05) is 11.9 Å². The zero-order valence-corrected chi connectivity index (χ0v) is 24.9. The van der Waals surface area contributed by atoms with Crippen LogP contribution in [0.15, 0.2) is 84.9 Å². The molecule has 1 spiro atoms. The summed E-state index contributed by atoms with van der Waals surface area (Å²) >= 11 is 8.02. The number of nitrogens with zero attached hydrogens (tertiary/aromatic N) is 1. The Hall–Kier alpha value is -3.33. The average molecular weight is 604 g/mol. The number of carbonyl (C=O) groups is 3. The normalized spacial score (nSPS) is 28.4. The largest absolute Gasteiger partial charge is 0.394 e. The topological polar surface area (TPSA) is 98.7 Å². The van der Waals surface area contributed by atoms with E-state index in [2.05, 4.69) is 17.6 Å². The Balaban J connectivity index is 1.37. The fraction of sp³-hybridized carbons (Fsp3) is 0.364. The van der Waals surface area contributed by atoms with Crippen LogP contribution in [0.2, 0.25) is 5.02 Å². The number of hydrogen-bond acceptors (Lipinski definition) is 5. The van der Waals surface area contributed by atoms with Gasteiger partial charge in [0.25, 0.3) is 0 Å². The van der Waals surface area contributed by atoms with Gasteiger partial charge in [-0.1, -0.05) is 91.3 Å². The Bertz CT molecular complexity index is 1470. The van der Waals surface area contributed by atoms with Gasteiger partial charge in [-0.2, -0.15) is 0 Å². The molecule has 3 fully saturated rings. The van der Waals surface area contributed by atoms with Gasteiger partial charge in [-0.15, -0.1) is 11.8 Å². The van der Waals surface area contributed by atoms with Crippen LogP contribution in [-0.2, 0) is 27.3 Å². The molecule has 0 radical (unpaired) electrons. The lowest BCUT2D eigenvalue weighted by molar-refractivity contribution is -0.142. The molecule has 3 saturated heterocycles. The van der Waals surface area contributed by atoms with Crippen LogP contribution in [0, 0.1) is 17.8 Å². The highest BCUT2D eigenvalue weighted by atomic mass is 35.5. The smallest absolute Gasteiger partial charge is 0.248 e. The van der Waals surface area contributed by atoms with Gasteiger partial charge in [0.05, 0.1) is 39.9 Å². The van der Waals surface area contributed by atoms with Crippen molar-refractivity contribution < 1.29 is 19.5 Å². The van der Waals surface area contributed by atoms with Crippen molar-refractivity contribution >= 4 is 46.8 Å². The van der Waals surface area contributed by atoms with E-state index in [0.29, 0.717) is 23.7 Å². The number of thioether (sulfide) groups is 1. The minimum Gasteiger partial charge on any atom is -0.394 e. The average Bonchev–Trinajstić information content (AvgIpc) is 3.60. The number of rotatable bonds is 9. The fourth-order valence-electron chi connectivity index (χ4n) is 7.26. The molecular formula is C33H34ClN3O4S. The van der Waals surface area contributed by atoms with Gasteiger partial charge >= 0.3 is 0 Å². The molecule has 3 heterocycles. The number of halogens is 1. The maximum atomic E-state index is 14.5. The molecular weight excluding hydrogens is 570 g/mol. The minimum absolute atomic E-state index is 0.00249. The van der Waals surface area contributed by atoms with Crippen LogP contribution < -0.4 is 10.6 Å². The maximum Gasteiger partial charge on any atom is 0.248 e. The number of nitrogens with one attached hydrogen (secondary N) is 2. The molecule has 0 aromatic heterocycles. The lowest BCUT2D eigenvalue weighted by Crippen LogP contribution is -2.57. The van der Waals surface area contributed by atoms with Crippen molar-refractivity contribution in [3.8, 4) is 0 Å². The van der Waals surface area contributed by atoms with Crippen molar-refractivity contribution in [1.29, 1.82) is 0 Å². The molecule has 0 aliphatic carbocycles. The van der Waals surface area contributed by atoms with Gasteiger partial charge in [0.1, 0.15) is 6.04 Å². The van der Waals surface area contributed by atoms with Gasteiger partial charge in [0.2, 0.25) is 17.7 Å². The third-order valence-corrected chi connectivity index (χ3v) is 11.5. The Kier molecular flexibility index (Phi) is 8.05. The van der Waals surface area contributed by atoms with E-state index >= 15 is 0 Å². The monoisotopic (exact) mass is 603 g/mol. The Morgan fingerprint density at radius 1 is 1.00 bits per heavy atom. The van der Waals surface area contributed by atoms with E-state index < -0.39 is 28.7 Å². The van der Waals surface area contributed by atoms with E-state index in [4.69, 9.17) is 11.6 Å². The van der Waals surface area contributed by atoms with Crippen molar-refractivity contribution in [3.05, 3.63) is 101 Å². The Morgan fingerprint density at radius 3 is 2.31 bits per heavy atom. The summed E-state index contributed by atoms with van der Waals surface area (Å²) in [5.74, 6) is -2.01. The highest BCUT2D eigenvalue weighted by Crippen LogP contribution is 2.68. The molecule has 218 valence electrons. The molecule has 3 aromatic rings. The fourth-order valence-corrected chi connectivity index (χ4v) is 9.85. The number of amides is 3. The summed E-state index contributed by atoms with van der Waals surface area (Å²) in [6.07, 6.45) is 1.11. The van der Waals surface area contributed by atoms with Gasteiger partial charge in [-0.3, -0.25) is 14.4 Å². The first kappa shape index (κ1) is 28.8. The van der Waals surface area contributed by atoms with Gasteiger partial charge < -0.3 is 20.6 Å². The second kappa shape index (κ2) is 11.7. The first-order valence-corrected chi connectivity index (χ1v) is 15.6. The number of aliphatic hydroxyl groups is 1. The third kappa shape index (κ3) is 4.89. The number of likely N-dealkylation sites (tertiary alicyclic amines) is 1. The lowest BCUT2D eigenvalue weighted by Gasteiger charge is -2.40. The lowest BCUT2D eigenvalue weighted by atomic mass is 9.66. The van der Waals surface area contributed by atoms with Crippen molar-refractivity contribution in [2.45, 2.75) is 48.4 Å². The molecule has 2 bridgehead atoms. The minimum atomic E-state index is -0.885. The molecule has 3 unspecified atom stereocenters. The maximum absolute atomic E-state index is 14.5. The summed E-state index contributed by atoms with van der Waals surface area (Å²) in [6, 6.07) is 24.8. The van der Waals surface area contributed by atoms with E-state index in [1.54, 1.807) is 40.9 Å². The van der Waals surface area contributed by atoms with Crippen molar-refractivity contribution in [2.24, 2.45) is 17.8 Å². The van der Waals surface area contributed by atoms with Crippen LogP contribution in [-0.4, -0.2) is 56.4 Å². The van der Waals surface area contributed by atoms with Gasteiger partial charge in [0.15, 0.2) is 0 Å². The third-order valence-electron chi connectivity index (χ3n) is 9.09.